The molecule has 0 bridgehead atoms. The number of nitrogens with one attached hydrogen (secondary N) is 2. The van der Waals surface area contributed by atoms with Crippen molar-refractivity contribution < 1.29 is 4.79 Å². The van der Waals surface area contributed by atoms with Gasteiger partial charge in [0, 0.05) is 12.2 Å². The van der Waals surface area contributed by atoms with Gasteiger partial charge in [-0.1, -0.05) is 43.7 Å². The minimum Gasteiger partial charge on any atom is -0.354 e. The molecule has 5 heteroatoms. The van der Waals surface area contributed by atoms with E-state index in [1.165, 1.54) is 0 Å². The largest absolute Gasteiger partial charge is 0.354 e. The zero-order valence-corrected chi connectivity index (χ0v) is 14.0. The van der Waals surface area contributed by atoms with E-state index in [9.17, 15) is 4.79 Å². The van der Waals surface area contributed by atoms with E-state index in [1.54, 1.807) is 6.07 Å². The lowest BCUT2D eigenvalue weighted by atomic mass is 10.1. The van der Waals surface area contributed by atoms with Gasteiger partial charge < -0.3 is 10.6 Å². The molecule has 23 heavy (non-hydrogen) atoms. The van der Waals surface area contributed by atoms with Crippen LogP contribution in [0, 0.1) is 6.92 Å². The fourth-order valence-electron chi connectivity index (χ4n) is 2.24. The molecule has 0 spiro atoms. The van der Waals surface area contributed by atoms with Crippen molar-refractivity contribution in [2.24, 2.45) is 0 Å². The third kappa shape index (κ3) is 5.06. The van der Waals surface area contributed by atoms with Crippen LogP contribution in [-0.2, 0) is 0 Å². The van der Waals surface area contributed by atoms with Crippen molar-refractivity contribution in [3.63, 3.8) is 0 Å². The topological polar surface area (TPSA) is 66.9 Å². The van der Waals surface area contributed by atoms with Crippen LogP contribution in [0.3, 0.4) is 0 Å². The summed E-state index contributed by atoms with van der Waals surface area (Å²) in [4.78, 5) is 21.1. The Bertz CT molecular complexity index is 643. The molecule has 2 N–H and O–H groups in total. The first-order valence-corrected chi connectivity index (χ1v) is 8.05. The van der Waals surface area contributed by atoms with Gasteiger partial charge in [0.2, 0.25) is 5.95 Å². The number of aromatic nitrogens is 2. The molecule has 1 heterocycles. The number of hydrogen-bond acceptors (Lipinski definition) is 4. The van der Waals surface area contributed by atoms with Gasteiger partial charge in [-0.2, -0.15) is 0 Å². The maximum Gasteiger partial charge on any atom is 0.270 e. The van der Waals surface area contributed by atoms with Gasteiger partial charge >= 0.3 is 0 Å². The lowest BCUT2D eigenvalue weighted by Crippen LogP contribution is -2.28. The molecule has 1 unspecified atom stereocenters. The van der Waals surface area contributed by atoms with Crippen molar-refractivity contribution in [2.75, 3.05) is 11.9 Å². The lowest BCUT2D eigenvalue weighted by molar-refractivity contribution is 0.0934. The van der Waals surface area contributed by atoms with Crippen LogP contribution in [0.4, 0.5) is 5.95 Å². The van der Waals surface area contributed by atoms with E-state index in [0.717, 1.165) is 30.6 Å². The standard InChI is InChI=1S/C18H24N4O/c1-4-5-11-19-18-20-13(2)12-16(22-18)17(23)21-14(3)15-9-7-6-8-10-15/h6-10,12,14H,4-5,11H2,1-3H3,(H,21,23)(H,19,20,22). The minimum absolute atomic E-state index is 0.0736. The second-order valence-electron chi connectivity index (χ2n) is 5.60. The third-order valence-electron chi connectivity index (χ3n) is 3.55. The molecule has 0 fully saturated rings. The average Bonchev–Trinajstić information content (AvgIpc) is 2.55. The van der Waals surface area contributed by atoms with E-state index < -0.39 is 0 Å². The first-order valence-electron chi connectivity index (χ1n) is 8.05. The average molecular weight is 312 g/mol. The van der Waals surface area contributed by atoms with E-state index >= 15 is 0 Å². The van der Waals surface area contributed by atoms with Crippen molar-refractivity contribution in [1.82, 2.24) is 15.3 Å². The van der Waals surface area contributed by atoms with Crippen LogP contribution in [0.5, 0.6) is 0 Å². The number of nitrogens with zero attached hydrogens (tertiary/aromatic N) is 2. The second-order valence-corrected chi connectivity index (χ2v) is 5.60. The van der Waals surface area contributed by atoms with Gasteiger partial charge in [0.15, 0.2) is 0 Å². The number of amides is 1. The highest BCUT2D eigenvalue weighted by Crippen LogP contribution is 2.13. The summed E-state index contributed by atoms with van der Waals surface area (Å²) in [5, 5.41) is 6.14. The molecular weight excluding hydrogens is 288 g/mol. The molecule has 0 saturated heterocycles. The number of rotatable bonds is 7. The first kappa shape index (κ1) is 16.9. The fraction of sp³-hybridized carbons (Fsp3) is 0.389. The van der Waals surface area contributed by atoms with E-state index in [4.69, 9.17) is 0 Å². The molecule has 1 amide bonds. The van der Waals surface area contributed by atoms with Crippen LogP contribution < -0.4 is 10.6 Å². The van der Waals surface area contributed by atoms with Crippen LogP contribution in [0.1, 0.15) is 54.5 Å². The summed E-state index contributed by atoms with van der Waals surface area (Å²) >= 11 is 0. The summed E-state index contributed by atoms with van der Waals surface area (Å²) in [5.74, 6) is 0.321. The number of carbonyl (C=O) groups excluding carboxylic acids is 1. The van der Waals surface area contributed by atoms with Gasteiger partial charge in [0.25, 0.3) is 5.91 Å². The number of carbonyl (C=O) groups is 1. The van der Waals surface area contributed by atoms with E-state index in [1.807, 2.05) is 44.2 Å². The highest BCUT2D eigenvalue weighted by atomic mass is 16.1. The van der Waals surface area contributed by atoms with Gasteiger partial charge in [-0.3, -0.25) is 4.79 Å². The Morgan fingerprint density at radius 1 is 1.22 bits per heavy atom. The monoisotopic (exact) mass is 312 g/mol. The predicted molar refractivity (Wildman–Crippen MR) is 92.5 cm³/mol. The first-order chi connectivity index (χ1) is 11.1. The molecule has 5 nitrogen and oxygen atoms in total. The Kier molecular flexibility index (Phi) is 6.09. The second kappa shape index (κ2) is 8.27. The summed E-state index contributed by atoms with van der Waals surface area (Å²) in [6.45, 7) is 6.76. The molecule has 0 aliphatic rings. The highest BCUT2D eigenvalue weighted by Gasteiger charge is 2.14. The van der Waals surface area contributed by atoms with Crippen LogP contribution in [0.15, 0.2) is 36.4 Å². The Morgan fingerprint density at radius 3 is 2.65 bits per heavy atom. The molecule has 1 aromatic carbocycles. The molecular formula is C18H24N4O. The maximum atomic E-state index is 12.4. The van der Waals surface area contributed by atoms with E-state index in [2.05, 4.69) is 27.5 Å². The molecule has 0 saturated carbocycles. The van der Waals surface area contributed by atoms with Crippen molar-refractivity contribution in [1.29, 1.82) is 0 Å². The van der Waals surface area contributed by atoms with Gasteiger partial charge in [0.05, 0.1) is 6.04 Å². The Labute approximate surface area is 137 Å². The molecule has 1 atom stereocenters. The van der Waals surface area contributed by atoms with Crippen molar-refractivity contribution in [2.45, 2.75) is 39.7 Å². The molecule has 0 radical (unpaired) electrons. The molecule has 0 aliphatic heterocycles. The quantitative estimate of drug-likeness (QED) is 0.768. The van der Waals surface area contributed by atoms with Crippen molar-refractivity contribution in [3.8, 4) is 0 Å². The molecule has 2 rings (SSSR count). The van der Waals surface area contributed by atoms with Crippen molar-refractivity contribution >= 4 is 11.9 Å². The molecule has 1 aromatic heterocycles. The summed E-state index contributed by atoms with van der Waals surface area (Å²) < 4.78 is 0. The van der Waals surface area contributed by atoms with Gasteiger partial charge in [0.1, 0.15) is 5.69 Å². The highest BCUT2D eigenvalue weighted by molar-refractivity contribution is 5.92. The minimum atomic E-state index is -0.189. The number of aryl methyl sites for hydroxylation is 1. The SMILES string of the molecule is CCCCNc1nc(C)cc(C(=O)NC(C)c2ccccc2)n1. The Morgan fingerprint density at radius 2 is 1.96 bits per heavy atom. The maximum absolute atomic E-state index is 12.4. The van der Waals surface area contributed by atoms with Crippen LogP contribution in [0.25, 0.3) is 0 Å². The number of benzene rings is 1. The summed E-state index contributed by atoms with van der Waals surface area (Å²) in [6.07, 6.45) is 2.14. The smallest absolute Gasteiger partial charge is 0.270 e. The van der Waals surface area contributed by atoms with Gasteiger partial charge in [-0.15, -0.1) is 0 Å². The van der Waals surface area contributed by atoms with E-state index in [-0.39, 0.29) is 11.9 Å². The van der Waals surface area contributed by atoms with Crippen LogP contribution in [-0.4, -0.2) is 22.4 Å². The summed E-state index contributed by atoms with van der Waals surface area (Å²) in [6, 6.07) is 11.5. The van der Waals surface area contributed by atoms with Crippen molar-refractivity contribution in [3.05, 3.63) is 53.3 Å². The third-order valence-corrected chi connectivity index (χ3v) is 3.55. The summed E-state index contributed by atoms with van der Waals surface area (Å²) in [5.41, 5.74) is 2.23. The zero-order chi connectivity index (χ0) is 16.7. The van der Waals surface area contributed by atoms with Crippen LogP contribution >= 0.6 is 0 Å². The molecule has 122 valence electrons. The molecule has 0 aliphatic carbocycles. The number of anilines is 1. The Balaban J connectivity index is 2.06. The fourth-order valence-corrected chi connectivity index (χ4v) is 2.24. The summed E-state index contributed by atoms with van der Waals surface area (Å²) in [7, 11) is 0. The lowest BCUT2D eigenvalue weighted by Gasteiger charge is -2.14. The molecule has 2 aromatic rings. The predicted octanol–water partition coefficient (Wildman–Crippen LogP) is 3.49. The van der Waals surface area contributed by atoms with Gasteiger partial charge in [-0.05, 0) is 31.9 Å². The van der Waals surface area contributed by atoms with Gasteiger partial charge in [-0.25, -0.2) is 9.97 Å². The van der Waals surface area contributed by atoms with Crippen LogP contribution in [0.2, 0.25) is 0 Å². The normalized spacial score (nSPS) is 11.8. The number of unbranched alkanes of at least 4 members (excludes halogenated alkanes) is 1. The number of hydrogen-bond donors (Lipinski definition) is 2. The van der Waals surface area contributed by atoms with E-state index in [0.29, 0.717) is 11.6 Å². The zero-order valence-electron chi connectivity index (χ0n) is 14.0. The Hall–Kier alpha value is -2.43.